The van der Waals surface area contributed by atoms with E-state index < -0.39 is 0 Å². The van der Waals surface area contributed by atoms with Gasteiger partial charge in [-0.15, -0.1) is 0 Å². The maximum absolute atomic E-state index is 11.6. The summed E-state index contributed by atoms with van der Waals surface area (Å²) in [5.41, 5.74) is 1.02. The monoisotopic (exact) mass is 181 g/mol. The molecule has 74 valence electrons. The van der Waals surface area contributed by atoms with E-state index in [2.05, 4.69) is 0 Å². The number of carbonyl (C=O) groups excluding carboxylic acids is 1. The smallest absolute Gasteiger partial charge is 0.160 e. The number of ketones is 1. The molecule has 1 fully saturated rings. The molecule has 0 spiro atoms. The normalized spacial score (nSPS) is 22.6. The minimum Gasteiger partial charge on any atom is -0.383 e. The van der Waals surface area contributed by atoms with Crippen LogP contribution in [0.2, 0.25) is 0 Å². The summed E-state index contributed by atoms with van der Waals surface area (Å²) in [5, 5.41) is 0. The Bertz CT molecular complexity index is 206. The second-order valence-electron chi connectivity index (χ2n) is 3.96. The van der Waals surface area contributed by atoms with Crippen LogP contribution in [0.1, 0.15) is 38.5 Å². The van der Waals surface area contributed by atoms with Crippen LogP contribution in [0, 0.1) is 0 Å². The minimum atomic E-state index is 0.355. The van der Waals surface area contributed by atoms with Crippen LogP contribution in [0.3, 0.4) is 0 Å². The number of rotatable bonds is 1. The number of Topliss-reactive ketones (excluding diaryl/α,β-unsaturated/α-hetero) is 1. The van der Waals surface area contributed by atoms with Gasteiger partial charge in [-0.05, 0) is 19.3 Å². The lowest BCUT2D eigenvalue weighted by Crippen LogP contribution is -2.11. The van der Waals surface area contributed by atoms with Crippen LogP contribution >= 0.6 is 0 Å². The Balaban J connectivity index is 2.61. The predicted molar refractivity (Wildman–Crippen MR) is 54.5 cm³/mol. The second kappa shape index (κ2) is 5.05. The van der Waals surface area contributed by atoms with Gasteiger partial charge in [0, 0.05) is 32.3 Å². The van der Waals surface area contributed by atoms with Crippen LogP contribution in [0.4, 0.5) is 0 Å². The zero-order chi connectivity index (χ0) is 9.68. The molecule has 2 heteroatoms. The van der Waals surface area contributed by atoms with E-state index in [1.165, 1.54) is 19.3 Å². The van der Waals surface area contributed by atoms with Crippen LogP contribution < -0.4 is 0 Å². The van der Waals surface area contributed by atoms with E-state index in [9.17, 15) is 4.79 Å². The maximum Gasteiger partial charge on any atom is 0.160 e. The van der Waals surface area contributed by atoms with Crippen molar-refractivity contribution in [1.82, 2.24) is 4.90 Å². The zero-order valence-corrected chi connectivity index (χ0v) is 8.68. The Morgan fingerprint density at radius 3 is 2.31 bits per heavy atom. The van der Waals surface area contributed by atoms with Crippen molar-refractivity contribution >= 4 is 5.78 Å². The van der Waals surface area contributed by atoms with Gasteiger partial charge < -0.3 is 4.90 Å². The molecule has 0 saturated heterocycles. The van der Waals surface area contributed by atoms with Crippen LogP contribution in [0.15, 0.2) is 11.8 Å². The van der Waals surface area contributed by atoms with Gasteiger partial charge in [0.1, 0.15) is 0 Å². The van der Waals surface area contributed by atoms with Crippen molar-refractivity contribution in [3.05, 3.63) is 11.8 Å². The van der Waals surface area contributed by atoms with E-state index in [4.69, 9.17) is 0 Å². The van der Waals surface area contributed by atoms with Gasteiger partial charge in [0.15, 0.2) is 5.78 Å². The van der Waals surface area contributed by atoms with Crippen molar-refractivity contribution in [3.63, 3.8) is 0 Å². The molecule has 1 aliphatic carbocycles. The van der Waals surface area contributed by atoms with Gasteiger partial charge in [0.2, 0.25) is 0 Å². The van der Waals surface area contributed by atoms with Gasteiger partial charge in [0.25, 0.3) is 0 Å². The number of allylic oxidation sites excluding steroid dienone is 1. The lowest BCUT2D eigenvalue weighted by Gasteiger charge is -2.13. The highest BCUT2D eigenvalue weighted by atomic mass is 16.1. The fraction of sp³-hybridized carbons (Fsp3) is 0.727. The lowest BCUT2D eigenvalue weighted by atomic mass is 9.96. The van der Waals surface area contributed by atoms with Crippen LogP contribution in [-0.2, 0) is 4.79 Å². The molecule has 0 aromatic heterocycles. The highest BCUT2D eigenvalue weighted by Gasteiger charge is 2.11. The summed E-state index contributed by atoms with van der Waals surface area (Å²) < 4.78 is 0. The van der Waals surface area contributed by atoms with Gasteiger partial charge in [-0.2, -0.15) is 0 Å². The van der Waals surface area contributed by atoms with Crippen molar-refractivity contribution in [2.24, 2.45) is 0 Å². The van der Waals surface area contributed by atoms with Crippen molar-refractivity contribution in [2.45, 2.75) is 38.5 Å². The maximum atomic E-state index is 11.6. The molecule has 0 radical (unpaired) electrons. The second-order valence-corrected chi connectivity index (χ2v) is 3.96. The molecule has 0 aliphatic heterocycles. The van der Waals surface area contributed by atoms with Gasteiger partial charge in [0.05, 0.1) is 0 Å². The number of nitrogens with zero attached hydrogens (tertiary/aromatic N) is 1. The molecule has 1 rings (SSSR count). The molecule has 0 bridgehead atoms. The van der Waals surface area contributed by atoms with Crippen molar-refractivity contribution in [3.8, 4) is 0 Å². The summed E-state index contributed by atoms with van der Waals surface area (Å²) >= 11 is 0. The highest BCUT2D eigenvalue weighted by Crippen LogP contribution is 2.18. The molecule has 0 amide bonds. The lowest BCUT2D eigenvalue weighted by molar-refractivity contribution is -0.116. The first-order valence-electron chi connectivity index (χ1n) is 5.10. The van der Waals surface area contributed by atoms with Crippen LogP contribution in [0.25, 0.3) is 0 Å². The molecule has 2 nitrogen and oxygen atoms in total. The average Bonchev–Trinajstić information content (AvgIpc) is 2.04. The largest absolute Gasteiger partial charge is 0.383 e. The molecule has 1 saturated carbocycles. The third-order valence-electron chi connectivity index (χ3n) is 2.37. The highest BCUT2D eigenvalue weighted by molar-refractivity contribution is 5.95. The van der Waals surface area contributed by atoms with Gasteiger partial charge >= 0.3 is 0 Å². The van der Waals surface area contributed by atoms with E-state index in [0.29, 0.717) is 5.78 Å². The summed E-state index contributed by atoms with van der Waals surface area (Å²) in [4.78, 5) is 13.6. The Morgan fingerprint density at radius 1 is 1.08 bits per heavy atom. The van der Waals surface area contributed by atoms with Crippen molar-refractivity contribution < 1.29 is 4.79 Å². The summed E-state index contributed by atoms with van der Waals surface area (Å²) in [6.45, 7) is 0. The third kappa shape index (κ3) is 3.62. The number of hydrogen-bond acceptors (Lipinski definition) is 2. The first-order chi connectivity index (χ1) is 6.20. The number of hydrogen-bond donors (Lipinski definition) is 0. The summed E-state index contributed by atoms with van der Waals surface area (Å²) in [5.74, 6) is 0.355. The summed E-state index contributed by atoms with van der Waals surface area (Å²) in [6, 6.07) is 0. The molecule has 13 heavy (non-hydrogen) atoms. The molecule has 0 aromatic rings. The molecule has 0 N–H and O–H groups in total. The molecule has 1 aliphatic rings. The van der Waals surface area contributed by atoms with E-state index in [-0.39, 0.29) is 0 Å². The summed E-state index contributed by atoms with van der Waals surface area (Å²) in [7, 11) is 3.94. The Morgan fingerprint density at radius 2 is 1.69 bits per heavy atom. The standard InChI is InChI=1S/C11H19NO/c1-12(2)9-10-7-5-3-4-6-8-11(10)13/h9H,3-8H2,1-2H3/b10-9-. The van der Waals surface area contributed by atoms with E-state index >= 15 is 0 Å². The van der Waals surface area contributed by atoms with Gasteiger partial charge in [-0.3, -0.25) is 4.79 Å². The van der Waals surface area contributed by atoms with Crippen LogP contribution in [0.5, 0.6) is 0 Å². The van der Waals surface area contributed by atoms with Crippen molar-refractivity contribution in [1.29, 1.82) is 0 Å². The number of carbonyl (C=O) groups is 1. The minimum absolute atomic E-state index is 0.355. The van der Waals surface area contributed by atoms with Gasteiger partial charge in [-0.25, -0.2) is 0 Å². The molecular formula is C11H19NO. The van der Waals surface area contributed by atoms with Crippen molar-refractivity contribution in [2.75, 3.05) is 14.1 Å². The Hall–Kier alpha value is -0.790. The first kappa shape index (κ1) is 10.3. The van der Waals surface area contributed by atoms with E-state index in [0.717, 1.165) is 24.8 Å². The molecule has 0 aromatic carbocycles. The molecule has 0 unspecified atom stereocenters. The molecular weight excluding hydrogens is 162 g/mol. The fourth-order valence-electron chi connectivity index (χ4n) is 1.70. The molecule has 0 heterocycles. The zero-order valence-electron chi connectivity index (χ0n) is 8.68. The van der Waals surface area contributed by atoms with E-state index in [1.807, 2.05) is 25.2 Å². The quantitative estimate of drug-likeness (QED) is 0.579. The molecule has 0 atom stereocenters. The topological polar surface area (TPSA) is 20.3 Å². The van der Waals surface area contributed by atoms with Crippen LogP contribution in [-0.4, -0.2) is 24.8 Å². The average molecular weight is 181 g/mol. The van der Waals surface area contributed by atoms with Gasteiger partial charge in [-0.1, -0.05) is 12.8 Å². The third-order valence-corrected chi connectivity index (χ3v) is 2.37. The first-order valence-corrected chi connectivity index (χ1v) is 5.10. The predicted octanol–water partition coefficient (Wildman–Crippen LogP) is 2.36. The Labute approximate surface area is 80.6 Å². The SMILES string of the molecule is CN(C)/C=C1/CCCCCCC1=O. The fourth-order valence-corrected chi connectivity index (χ4v) is 1.70. The summed E-state index contributed by atoms with van der Waals surface area (Å²) in [6.07, 6.45) is 8.44. The Kier molecular flexibility index (Phi) is 4.00. The van der Waals surface area contributed by atoms with E-state index in [1.54, 1.807) is 0 Å².